The van der Waals surface area contributed by atoms with Gasteiger partial charge in [0.2, 0.25) is 6.29 Å². The molecule has 2 heterocycles. The van der Waals surface area contributed by atoms with E-state index in [1.165, 1.54) is 0 Å². The van der Waals surface area contributed by atoms with Gasteiger partial charge in [-0.25, -0.2) is 0 Å². The number of aliphatic hydroxyl groups excluding tert-OH is 4. The molecular formula is C22H25NO7. The van der Waals surface area contributed by atoms with E-state index in [1.807, 2.05) is 30.3 Å². The third-order valence-corrected chi connectivity index (χ3v) is 5.39. The Bertz CT molecular complexity index is 985. The first-order valence-corrected chi connectivity index (χ1v) is 9.78. The Morgan fingerprint density at radius 3 is 2.43 bits per heavy atom. The highest BCUT2D eigenvalue weighted by Crippen LogP contribution is 2.34. The smallest absolute Gasteiger partial charge is 0.229 e. The van der Waals surface area contributed by atoms with Gasteiger partial charge in [0.25, 0.3) is 0 Å². The maximum atomic E-state index is 10.3. The highest BCUT2D eigenvalue weighted by atomic mass is 16.7. The Kier molecular flexibility index (Phi) is 5.94. The van der Waals surface area contributed by atoms with Gasteiger partial charge in [-0.1, -0.05) is 18.2 Å². The maximum absolute atomic E-state index is 10.3. The molecule has 0 unspecified atom stereocenters. The van der Waals surface area contributed by atoms with E-state index >= 15 is 0 Å². The molecule has 0 aliphatic carbocycles. The summed E-state index contributed by atoms with van der Waals surface area (Å²) in [4.78, 5) is 0. The monoisotopic (exact) mass is 415 g/mol. The summed E-state index contributed by atoms with van der Waals surface area (Å²) in [5.74, 6) is 0.415. The van der Waals surface area contributed by atoms with Crippen molar-refractivity contribution in [1.29, 1.82) is 0 Å². The molecule has 0 spiro atoms. The largest absolute Gasteiger partial charge is 0.464 e. The standard InChI is InChI=1S/C22H25NO7/c23-14-8-5-12(6-9-14)4-7-13-11-28-15-2-1-3-16(18(13)15)29-22-21(27)20(26)19(25)17(10-24)30-22/h1-3,5-6,8-9,11,17,19-22,24-27H,4,7,10,23H2/t17-,19-,20+,21-,22-/m1/s1. The first-order chi connectivity index (χ1) is 14.5. The third-order valence-electron chi connectivity index (χ3n) is 5.39. The van der Waals surface area contributed by atoms with Crippen LogP contribution in [0.4, 0.5) is 5.69 Å². The second kappa shape index (κ2) is 8.63. The molecule has 160 valence electrons. The summed E-state index contributed by atoms with van der Waals surface area (Å²) in [5.41, 5.74) is 9.11. The molecule has 6 N–H and O–H groups in total. The first kappa shape index (κ1) is 20.6. The highest BCUT2D eigenvalue weighted by Gasteiger charge is 2.44. The quantitative estimate of drug-likeness (QED) is 0.376. The fraction of sp³-hybridized carbons (Fsp3) is 0.364. The van der Waals surface area contributed by atoms with Crippen LogP contribution in [0.1, 0.15) is 11.1 Å². The van der Waals surface area contributed by atoms with Gasteiger partial charge in [-0.15, -0.1) is 0 Å². The molecule has 30 heavy (non-hydrogen) atoms. The minimum atomic E-state index is -1.51. The van der Waals surface area contributed by atoms with Gasteiger partial charge >= 0.3 is 0 Å². The second-order valence-electron chi connectivity index (χ2n) is 7.45. The van der Waals surface area contributed by atoms with Crippen LogP contribution in [0.5, 0.6) is 5.75 Å². The zero-order valence-corrected chi connectivity index (χ0v) is 16.2. The summed E-state index contributed by atoms with van der Waals surface area (Å²) < 4.78 is 17.0. The SMILES string of the molecule is Nc1ccc(CCc2coc3cccc(O[C@@H]4O[C@H](CO)[C@@H](O)[C@H](O)[C@H]4O)c23)cc1. The molecule has 2 aromatic carbocycles. The molecule has 3 aromatic rings. The minimum Gasteiger partial charge on any atom is -0.464 e. The van der Waals surface area contributed by atoms with Gasteiger partial charge in [0, 0.05) is 11.3 Å². The molecule has 8 nitrogen and oxygen atoms in total. The minimum absolute atomic E-state index is 0.415. The first-order valence-electron chi connectivity index (χ1n) is 9.78. The highest BCUT2D eigenvalue weighted by molar-refractivity contribution is 5.87. The lowest BCUT2D eigenvalue weighted by atomic mass is 9.99. The van der Waals surface area contributed by atoms with Crippen molar-refractivity contribution in [3.8, 4) is 5.75 Å². The number of ether oxygens (including phenoxy) is 2. The van der Waals surface area contributed by atoms with E-state index in [0.717, 1.165) is 22.9 Å². The lowest BCUT2D eigenvalue weighted by Crippen LogP contribution is -2.60. The predicted molar refractivity (Wildman–Crippen MR) is 109 cm³/mol. The number of rotatable bonds is 6. The normalized spacial score (nSPS) is 26.7. The van der Waals surface area contributed by atoms with Crippen LogP contribution in [0.25, 0.3) is 11.0 Å². The van der Waals surface area contributed by atoms with Crippen LogP contribution in [-0.4, -0.2) is 57.7 Å². The maximum Gasteiger partial charge on any atom is 0.229 e. The Balaban J connectivity index is 1.57. The molecule has 0 amide bonds. The molecule has 0 bridgehead atoms. The summed E-state index contributed by atoms with van der Waals surface area (Å²) in [5, 5.41) is 40.3. The fourth-order valence-corrected chi connectivity index (χ4v) is 3.65. The van der Waals surface area contributed by atoms with Crippen molar-refractivity contribution in [2.75, 3.05) is 12.3 Å². The number of hydrogen-bond acceptors (Lipinski definition) is 8. The Morgan fingerprint density at radius 1 is 0.933 bits per heavy atom. The summed E-state index contributed by atoms with van der Waals surface area (Å²) in [6.07, 6.45) is -3.60. The van der Waals surface area contributed by atoms with Gasteiger partial charge < -0.3 is 40.1 Å². The number of aryl methyl sites for hydroxylation is 2. The van der Waals surface area contributed by atoms with Crippen LogP contribution < -0.4 is 10.5 Å². The molecule has 1 aromatic heterocycles. The molecule has 1 saturated heterocycles. The van der Waals surface area contributed by atoms with E-state index in [1.54, 1.807) is 18.4 Å². The lowest BCUT2D eigenvalue weighted by molar-refractivity contribution is -0.277. The number of aliphatic hydroxyl groups is 4. The second-order valence-corrected chi connectivity index (χ2v) is 7.45. The van der Waals surface area contributed by atoms with Crippen LogP contribution in [0.3, 0.4) is 0 Å². The van der Waals surface area contributed by atoms with Crippen molar-refractivity contribution in [1.82, 2.24) is 0 Å². The van der Waals surface area contributed by atoms with E-state index in [0.29, 0.717) is 23.4 Å². The van der Waals surface area contributed by atoms with Crippen LogP contribution >= 0.6 is 0 Å². The van der Waals surface area contributed by atoms with Gasteiger partial charge in [0.15, 0.2) is 0 Å². The van der Waals surface area contributed by atoms with Crippen molar-refractivity contribution in [2.24, 2.45) is 0 Å². The molecule has 1 fully saturated rings. The van der Waals surface area contributed by atoms with Gasteiger partial charge in [-0.05, 0) is 42.7 Å². The fourth-order valence-electron chi connectivity index (χ4n) is 3.65. The zero-order chi connectivity index (χ0) is 21.3. The average molecular weight is 415 g/mol. The molecule has 1 aliphatic heterocycles. The summed E-state index contributed by atoms with van der Waals surface area (Å²) >= 11 is 0. The summed E-state index contributed by atoms with van der Waals surface area (Å²) in [6.45, 7) is -0.520. The van der Waals surface area contributed by atoms with Gasteiger partial charge in [0.05, 0.1) is 18.3 Å². The topological polar surface area (TPSA) is 139 Å². The lowest BCUT2D eigenvalue weighted by Gasteiger charge is -2.39. The van der Waals surface area contributed by atoms with E-state index in [9.17, 15) is 20.4 Å². The Labute approximate surface area is 173 Å². The third kappa shape index (κ3) is 4.00. The molecule has 0 saturated carbocycles. The zero-order valence-electron chi connectivity index (χ0n) is 16.2. The Hall–Kier alpha value is -2.62. The summed E-state index contributed by atoms with van der Waals surface area (Å²) in [7, 11) is 0. The average Bonchev–Trinajstić information content (AvgIpc) is 3.18. The van der Waals surface area contributed by atoms with Crippen LogP contribution in [-0.2, 0) is 17.6 Å². The summed E-state index contributed by atoms with van der Waals surface area (Å²) in [6, 6.07) is 12.9. The molecule has 4 rings (SSSR count). The van der Waals surface area contributed by atoms with Crippen molar-refractivity contribution < 1.29 is 34.3 Å². The van der Waals surface area contributed by atoms with E-state index in [2.05, 4.69) is 0 Å². The van der Waals surface area contributed by atoms with E-state index in [-0.39, 0.29) is 0 Å². The number of anilines is 1. The Morgan fingerprint density at radius 2 is 1.70 bits per heavy atom. The van der Waals surface area contributed by atoms with Crippen molar-refractivity contribution in [3.63, 3.8) is 0 Å². The molecule has 5 atom stereocenters. The van der Waals surface area contributed by atoms with Gasteiger partial charge in [0.1, 0.15) is 35.7 Å². The van der Waals surface area contributed by atoms with Crippen LogP contribution in [0.15, 0.2) is 53.1 Å². The number of nitrogens with two attached hydrogens (primary N) is 1. The molecule has 8 heteroatoms. The van der Waals surface area contributed by atoms with Crippen molar-refractivity contribution in [2.45, 2.75) is 43.5 Å². The van der Waals surface area contributed by atoms with Crippen molar-refractivity contribution in [3.05, 3.63) is 59.9 Å². The molecule has 0 radical (unpaired) electrons. The van der Waals surface area contributed by atoms with E-state index < -0.39 is 37.3 Å². The van der Waals surface area contributed by atoms with E-state index in [4.69, 9.17) is 19.6 Å². The molecular weight excluding hydrogens is 390 g/mol. The predicted octanol–water partition coefficient (Wildman–Crippen LogP) is 0.979. The molecule has 1 aliphatic rings. The number of furan rings is 1. The number of nitrogen functional groups attached to an aromatic ring is 1. The van der Waals surface area contributed by atoms with Gasteiger partial charge in [-0.2, -0.15) is 0 Å². The van der Waals surface area contributed by atoms with Crippen molar-refractivity contribution >= 4 is 16.7 Å². The number of hydrogen-bond donors (Lipinski definition) is 5. The van der Waals surface area contributed by atoms with Crippen LogP contribution in [0.2, 0.25) is 0 Å². The number of benzene rings is 2. The number of fused-ring (bicyclic) bond motifs is 1. The van der Waals surface area contributed by atoms with Crippen LogP contribution in [0, 0.1) is 0 Å². The van der Waals surface area contributed by atoms with Gasteiger partial charge in [-0.3, -0.25) is 0 Å².